The van der Waals surface area contributed by atoms with Crippen molar-refractivity contribution in [2.45, 2.75) is 12.8 Å². The van der Waals surface area contributed by atoms with Crippen molar-refractivity contribution in [1.29, 1.82) is 0 Å². The number of hydrogen-bond acceptors (Lipinski definition) is 3. The van der Waals surface area contributed by atoms with Gasteiger partial charge in [-0.05, 0) is 42.2 Å². The van der Waals surface area contributed by atoms with Crippen molar-refractivity contribution in [3.63, 3.8) is 0 Å². The van der Waals surface area contributed by atoms with E-state index in [4.69, 9.17) is 0 Å². The molecule has 0 aliphatic carbocycles. The molecule has 0 radical (unpaired) electrons. The lowest BCUT2D eigenvalue weighted by Crippen LogP contribution is -2.27. The van der Waals surface area contributed by atoms with Gasteiger partial charge in [0.25, 0.3) is 0 Å². The first-order valence-corrected chi connectivity index (χ1v) is 8.11. The fourth-order valence-electron chi connectivity index (χ4n) is 3.23. The number of benzene rings is 1. The van der Waals surface area contributed by atoms with Gasteiger partial charge in [-0.2, -0.15) is 5.10 Å². The zero-order chi connectivity index (χ0) is 16.4. The van der Waals surface area contributed by atoms with E-state index in [9.17, 15) is 4.79 Å². The van der Waals surface area contributed by atoms with Crippen molar-refractivity contribution in [3.05, 3.63) is 66.7 Å². The van der Waals surface area contributed by atoms with Crippen molar-refractivity contribution < 1.29 is 4.79 Å². The molecule has 1 aliphatic heterocycles. The highest BCUT2D eigenvalue weighted by molar-refractivity contribution is 5.97. The molecule has 1 saturated heterocycles. The molecule has 1 amide bonds. The summed E-state index contributed by atoms with van der Waals surface area (Å²) >= 11 is 0. The van der Waals surface area contributed by atoms with Crippen LogP contribution in [-0.4, -0.2) is 27.6 Å². The third-order valence-electron chi connectivity index (χ3n) is 4.53. The summed E-state index contributed by atoms with van der Waals surface area (Å²) in [4.78, 5) is 18.7. The average Bonchev–Trinajstić information content (AvgIpc) is 3.27. The van der Waals surface area contributed by atoms with Gasteiger partial charge in [0.15, 0.2) is 0 Å². The number of anilines is 1. The molecule has 5 heteroatoms. The number of hydrogen-bond donors (Lipinski definition) is 1. The lowest BCUT2D eigenvalue weighted by atomic mass is 9.99. The van der Waals surface area contributed by atoms with Crippen molar-refractivity contribution in [2.24, 2.45) is 5.92 Å². The standard InChI is InChI=1S/C19H18N4O/c24-19-16(10-14-2-1-8-20-11-14)7-9-23(19)18-5-3-15(4-6-18)17-12-21-22-13-17/h1-6,8,11-13,16H,7,9-10H2,(H,21,22). The number of rotatable bonds is 4. The second kappa shape index (κ2) is 6.28. The summed E-state index contributed by atoms with van der Waals surface area (Å²) in [6.45, 7) is 0.773. The molecule has 1 fully saturated rings. The van der Waals surface area contributed by atoms with Crippen molar-refractivity contribution in [1.82, 2.24) is 15.2 Å². The SMILES string of the molecule is O=C1C(Cc2cccnc2)CCN1c1ccc(-c2cn[nH]c2)cc1. The summed E-state index contributed by atoms with van der Waals surface area (Å²) < 4.78 is 0. The van der Waals surface area contributed by atoms with E-state index >= 15 is 0 Å². The molecule has 3 heterocycles. The smallest absolute Gasteiger partial charge is 0.230 e. The molecule has 120 valence electrons. The van der Waals surface area contributed by atoms with Crippen LogP contribution in [0.2, 0.25) is 0 Å². The summed E-state index contributed by atoms with van der Waals surface area (Å²) in [6.07, 6.45) is 8.90. The van der Waals surface area contributed by atoms with Gasteiger partial charge in [-0.15, -0.1) is 0 Å². The molecular weight excluding hydrogens is 300 g/mol. The first-order chi connectivity index (χ1) is 11.8. The minimum absolute atomic E-state index is 0.0442. The van der Waals surface area contributed by atoms with Crippen LogP contribution in [0.1, 0.15) is 12.0 Å². The molecule has 5 nitrogen and oxygen atoms in total. The molecule has 1 aliphatic rings. The fraction of sp³-hybridized carbons (Fsp3) is 0.211. The van der Waals surface area contributed by atoms with Crippen molar-refractivity contribution in [2.75, 3.05) is 11.4 Å². The van der Waals surface area contributed by atoms with E-state index in [-0.39, 0.29) is 11.8 Å². The monoisotopic (exact) mass is 318 g/mol. The Morgan fingerprint density at radius 2 is 2.00 bits per heavy atom. The van der Waals surface area contributed by atoms with E-state index in [2.05, 4.69) is 15.2 Å². The Bertz CT molecular complexity index is 812. The normalized spacial score (nSPS) is 17.4. The highest BCUT2D eigenvalue weighted by Gasteiger charge is 2.32. The van der Waals surface area contributed by atoms with Crippen LogP contribution in [0.5, 0.6) is 0 Å². The topological polar surface area (TPSA) is 61.9 Å². The molecule has 1 atom stereocenters. The van der Waals surface area contributed by atoms with Crippen LogP contribution in [0.25, 0.3) is 11.1 Å². The maximum atomic E-state index is 12.7. The van der Waals surface area contributed by atoms with Gasteiger partial charge in [0.1, 0.15) is 0 Å². The summed E-state index contributed by atoms with van der Waals surface area (Å²) in [7, 11) is 0. The predicted molar refractivity (Wildman–Crippen MR) is 92.4 cm³/mol. The van der Waals surface area contributed by atoms with Gasteiger partial charge in [0.2, 0.25) is 5.91 Å². The van der Waals surface area contributed by atoms with E-state index in [0.717, 1.165) is 41.8 Å². The van der Waals surface area contributed by atoms with Crippen LogP contribution in [0.15, 0.2) is 61.2 Å². The first-order valence-electron chi connectivity index (χ1n) is 8.11. The minimum Gasteiger partial charge on any atom is -0.312 e. The molecule has 0 spiro atoms. The zero-order valence-electron chi connectivity index (χ0n) is 13.2. The van der Waals surface area contributed by atoms with Gasteiger partial charge in [-0.25, -0.2) is 0 Å². The van der Waals surface area contributed by atoms with Crippen LogP contribution < -0.4 is 4.90 Å². The zero-order valence-corrected chi connectivity index (χ0v) is 13.2. The van der Waals surface area contributed by atoms with Crippen LogP contribution >= 0.6 is 0 Å². The average molecular weight is 318 g/mol. The Morgan fingerprint density at radius 3 is 2.71 bits per heavy atom. The summed E-state index contributed by atoms with van der Waals surface area (Å²) in [5.74, 6) is 0.248. The number of aromatic amines is 1. The van der Waals surface area contributed by atoms with Gasteiger partial charge in [-0.3, -0.25) is 14.9 Å². The van der Waals surface area contributed by atoms with E-state index in [0.29, 0.717) is 0 Å². The quantitative estimate of drug-likeness (QED) is 0.804. The largest absolute Gasteiger partial charge is 0.312 e. The Labute approximate surface area is 140 Å². The van der Waals surface area contributed by atoms with Crippen LogP contribution in [0.4, 0.5) is 5.69 Å². The van der Waals surface area contributed by atoms with Crippen LogP contribution in [0, 0.1) is 5.92 Å². The molecule has 3 aromatic rings. The van der Waals surface area contributed by atoms with Gasteiger partial charge in [0, 0.05) is 42.3 Å². The lowest BCUT2D eigenvalue weighted by molar-refractivity contribution is -0.120. The molecule has 1 aromatic carbocycles. The predicted octanol–water partition coefficient (Wildman–Crippen LogP) is 3.07. The van der Waals surface area contributed by atoms with E-state index in [1.807, 2.05) is 53.7 Å². The third-order valence-corrected chi connectivity index (χ3v) is 4.53. The number of pyridine rings is 1. The minimum atomic E-state index is 0.0442. The number of nitrogens with zero attached hydrogens (tertiary/aromatic N) is 3. The van der Waals surface area contributed by atoms with E-state index < -0.39 is 0 Å². The highest BCUT2D eigenvalue weighted by Crippen LogP contribution is 2.29. The van der Waals surface area contributed by atoms with E-state index in [1.54, 1.807) is 12.4 Å². The Kier molecular flexibility index (Phi) is 3.83. The molecule has 0 bridgehead atoms. The molecule has 24 heavy (non-hydrogen) atoms. The highest BCUT2D eigenvalue weighted by atomic mass is 16.2. The fourth-order valence-corrected chi connectivity index (χ4v) is 3.23. The second-order valence-corrected chi connectivity index (χ2v) is 6.07. The van der Waals surface area contributed by atoms with Gasteiger partial charge in [0.05, 0.1) is 6.20 Å². The second-order valence-electron chi connectivity index (χ2n) is 6.07. The number of amides is 1. The number of carbonyl (C=O) groups is 1. The van der Waals surface area contributed by atoms with E-state index in [1.165, 1.54) is 0 Å². The summed E-state index contributed by atoms with van der Waals surface area (Å²) in [5.41, 5.74) is 4.21. The third kappa shape index (κ3) is 2.80. The maximum Gasteiger partial charge on any atom is 0.230 e. The van der Waals surface area contributed by atoms with Gasteiger partial charge < -0.3 is 4.90 Å². The van der Waals surface area contributed by atoms with Crippen molar-refractivity contribution in [3.8, 4) is 11.1 Å². The Balaban J connectivity index is 1.48. The molecule has 1 unspecified atom stereocenters. The van der Waals surface area contributed by atoms with Crippen LogP contribution in [-0.2, 0) is 11.2 Å². The first kappa shape index (κ1) is 14.6. The molecule has 0 saturated carbocycles. The lowest BCUT2D eigenvalue weighted by Gasteiger charge is -2.17. The summed E-state index contributed by atoms with van der Waals surface area (Å²) in [6, 6.07) is 12.0. The van der Waals surface area contributed by atoms with Gasteiger partial charge in [-0.1, -0.05) is 18.2 Å². The number of carbonyl (C=O) groups excluding carboxylic acids is 1. The number of H-pyrrole nitrogens is 1. The molecule has 2 aromatic heterocycles. The molecule has 4 rings (SSSR count). The number of nitrogens with one attached hydrogen (secondary N) is 1. The Hall–Kier alpha value is -2.95. The molecule has 1 N–H and O–H groups in total. The Morgan fingerprint density at radius 1 is 1.12 bits per heavy atom. The van der Waals surface area contributed by atoms with Crippen LogP contribution in [0.3, 0.4) is 0 Å². The maximum absolute atomic E-state index is 12.7. The molecular formula is C19H18N4O. The van der Waals surface area contributed by atoms with Gasteiger partial charge >= 0.3 is 0 Å². The van der Waals surface area contributed by atoms with Crippen molar-refractivity contribution >= 4 is 11.6 Å². The summed E-state index contributed by atoms with van der Waals surface area (Å²) in [5, 5.41) is 6.78. The number of aromatic nitrogens is 3.